The molecule has 0 heterocycles. The molecule has 4 heteroatoms. The van der Waals surface area contributed by atoms with E-state index in [2.05, 4.69) is 0 Å². The second-order valence-electron chi connectivity index (χ2n) is 4.48. The van der Waals surface area contributed by atoms with Gasteiger partial charge in [-0.2, -0.15) is 0 Å². The van der Waals surface area contributed by atoms with Crippen molar-refractivity contribution in [3.05, 3.63) is 34.6 Å². The first-order chi connectivity index (χ1) is 8.99. The minimum absolute atomic E-state index is 0.0129. The number of hydrogen-bond acceptors (Lipinski definition) is 2. The molecule has 0 saturated heterocycles. The summed E-state index contributed by atoms with van der Waals surface area (Å²) in [5.74, 6) is -0.511. The Kier molecular flexibility index (Phi) is 5.95. The zero-order valence-electron chi connectivity index (χ0n) is 11.6. The van der Waals surface area contributed by atoms with E-state index in [4.69, 9.17) is 16.3 Å². The Morgan fingerprint density at radius 3 is 2.42 bits per heavy atom. The van der Waals surface area contributed by atoms with Gasteiger partial charge in [0.15, 0.2) is 5.78 Å². The van der Waals surface area contributed by atoms with E-state index in [1.54, 1.807) is 6.07 Å². The molecule has 0 saturated carbocycles. The number of rotatable bonds is 7. The third-order valence-electron chi connectivity index (χ3n) is 3.42. The fourth-order valence-electron chi connectivity index (χ4n) is 2.20. The van der Waals surface area contributed by atoms with Gasteiger partial charge in [-0.3, -0.25) is 4.79 Å². The van der Waals surface area contributed by atoms with E-state index in [1.165, 1.54) is 12.1 Å². The van der Waals surface area contributed by atoms with Crippen LogP contribution in [0.1, 0.15) is 39.2 Å². The number of carbonyl (C=O) groups excluding carboxylic acids is 1. The number of benzene rings is 1. The van der Waals surface area contributed by atoms with Crippen LogP contribution in [0, 0.1) is 5.82 Å². The smallest absolute Gasteiger partial charge is 0.168 e. The summed E-state index contributed by atoms with van der Waals surface area (Å²) in [6.45, 7) is 6.22. The van der Waals surface area contributed by atoms with Crippen molar-refractivity contribution >= 4 is 17.4 Å². The highest BCUT2D eigenvalue weighted by Gasteiger charge is 2.34. The van der Waals surface area contributed by atoms with Crippen LogP contribution in [-0.2, 0) is 16.0 Å². The van der Waals surface area contributed by atoms with Gasteiger partial charge in [0, 0.05) is 13.0 Å². The van der Waals surface area contributed by atoms with Gasteiger partial charge in [0.25, 0.3) is 0 Å². The van der Waals surface area contributed by atoms with E-state index < -0.39 is 11.4 Å². The molecule has 0 spiro atoms. The second kappa shape index (κ2) is 7.01. The van der Waals surface area contributed by atoms with Crippen LogP contribution in [0.3, 0.4) is 0 Å². The van der Waals surface area contributed by atoms with Gasteiger partial charge in [-0.1, -0.05) is 31.5 Å². The molecule has 0 aliphatic carbocycles. The lowest BCUT2D eigenvalue weighted by atomic mass is 9.88. The summed E-state index contributed by atoms with van der Waals surface area (Å²) in [5.41, 5.74) is -0.136. The third kappa shape index (κ3) is 3.77. The topological polar surface area (TPSA) is 26.3 Å². The summed E-state index contributed by atoms with van der Waals surface area (Å²) in [6, 6.07) is 4.45. The molecule has 0 aromatic heterocycles. The Labute approximate surface area is 118 Å². The van der Waals surface area contributed by atoms with E-state index in [1.807, 2.05) is 20.8 Å². The Balaban J connectivity index is 2.90. The van der Waals surface area contributed by atoms with Gasteiger partial charge in [0.05, 0.1) is 5.02 Å². The Morgan fingerprint density at radius 1 is 1.32 bits per heavy atom. The molecule has 1 rings (SSSR count). The van der Waals surface area contributed by atoms with Gasteiger partial charge in [0.2, 0.25) is 0 Å². The summed E-state index contributed by atoms with van der Waals surface area (Å²) in [4.78, 5) is 12.4. The van der Waals surface area contributed by atoms with Crippen LogP contribution in [0.15, 0.2) is 18.2 Å². The Hall–Kier alpha value is -0.930. The quantitative estimate of drug-likeness (QED) is 0.751. The lowest BCUT2D eigenvalue weighted by Gasteiger charge is -2.30. The fraction of sp³-hybridized carbons (Fsp3) is 0.533. The highest BCUT2D eigenvalue weighted by molar-refractivity contribution is 6.30. The van der Waals surface area contributed by atoms with E-state index in [0.717, 1.165) is 0 Å². The molecule has 0 atom stereocenters. The fourth-order valence-corrected chi connectivity index (χ4v) is 2.32. The lowest BCUT2D eigenvalue weighted by Crippen LogP contribution is -2.41. The van der Waals surface area contributed by atoms with Crippen LogP contribution in [0.25, 0.3) is 0 Å². The summed E-state index contributed by atoms with van der Waals surface area (Å²) in [7, 11) is 0. The van der Waals surface area contributed by atoms with Crippen LogP contribution in [0.2, 0.25) is 5.02 Å². The predicted octanol–water partition coefficient (Wildman–Crippen LogP) is 4.19. The maximum Gasteiger partial charge on any atom is 0.168 e. The zero-order valence-corrected chi connectivity index (χ0v) is 12.4. The minimum Gasteiger partial charge on any atom is -0.368 e. The highest BCUT2D eigenvalue weighted by atomic mass is 35.5. The van der Waals surface area contributed by atoms with Gasteiger partial charge in [-0.25, -0.2) is 4.39 Å². The van der Waals surface area contributed by atoms with E-state index >= 15 is 0 Å². The first kappa shape index (κ1) is 16.1. The maximum absolute atomic E-state index is 13.4. The molecule has 0 unspecified atom stereocenters. The minimum atomic E-state index is -0.759. The average molecular weight is 287 g/mol. The van der Waals surface area contributed by atoms with Crippen LogP contribution in [-0.4, -0.2) is 18.0 Å². The number of ketones is 1. The van der Waals surface area contributed by atoms with Crippen LogP contribution in [0.4, 0.5) is 4.39 Å². The van der Waals surface area contributed by atoms with Gasteiger partial charge in [-0.15, -0.1) is 0 Å². The largest absolute Gasteiger partial charge is 0.368 e. The molecule has 1 aromatic carbocycles. The van der Waals surface area contributed by atoms with Gasteiger partial charge >= 0.3 is 0 Å². The molecular formula is C15H20ClFO2. The lowest BCUT2D eigenvalue weighted by molar-refractivity contribution is -0.144. The average Bonchev–Trinajstić information content (AvgIpc) is 2.40. The van der Waals surface area contributed by atoms with E-state index in [0.29, 0.717) is 25.0 Å². The number of ether oxygens (including phenoxy) is 1. The molecular weight excluding hydrogens is 267 g/mol. The molecule has 0 fully saturated rings. The number of Topliss-reactive ketones (excluding diaryl/α,β-unsaturated/α-hetero) is 1. The molecule has 0 amide bonds. The number of hydrogen-bond donors (Lipinski definition) is 0. The molecule has 0 radical (unpaired) electrons. The van der Waals surface area contributed by atoms with Crippen LogP contribution < -0.4 is 0 Å². The molecule has 1 aromatic rings. The first-order valence-electron chi connectivity index (χ1n) is 6.60. The van der Waals surface area contributed by atoms with Crippen molar-refractivity contribution < 1.29 is 13.9 Å². The van der Waals surface area contributed by atoms with Crippen molar-refractivity contribution in [1.29, 1.82) is 0 Å². The van der Waals surface area contributed by atoms with Crippen molar-refractivity contribution in [3.8, 4) is 0 Å². The van der Waals surface area contributed by atoms with Crippen molar-refractivity contribution in [2.24, 2.45) is 0 Å². The summed E-state index contributed by atoms with van der Waals surface area (Å²) in [5, 5.41) is 0.0678. The second-order valence-corrected chi connectivity index (χ2v) is 4.89. The predicted molar refractivity (Wildman–Crippen MR) is 75.1 cm³/mol. The SMILES string of the molecule is CCOC(CC)(CC)C(=O)Cc1ccc(Cl)c(F)c1. The van der Waals surface area contributed by atoms with Crippen LogP contribution >= 0.6 is 11.6 Å². The van der Waals surface area contributed by atoms with Gasteiger partial charge in [0.1, 0.15) is 11.4 Å². The summed E-state index contributed by atoms with van der Waals surface area (Å²) >= 11 is 5.63. The molecule has 0 aliphatic heterocycles. The standard InChI is InChI=1S/C15H20ClFO2/c1-4-15(5-2,19-6-3)14(18)10-11-7-8-12(16)13(17)9-11/h7-9H,4-6,10H2,1-3H3. The van der Waals surface area contributed by atoms with Crippen molar-refractivity contribution in [2.75, 3.05) is 6.61 Å². The first-order valence-corrected chi connectivity index (χ1v) is 6.98. The highest BCUT2D eigenvalue weighted by Crippen LogP contribution is 2.25. The van der Waals surface area contributed by atoms with Gasteiger partial charge < -0.3 is 4.74 Å². The Morgan fingerprint density at radius 2 is 1.95 bits per heavy atom. The van der Waals surface area contributed by atoms with Crippen molar-refractivity contribution in [2.45, 2.75) is 45.6 Å². The normalized spacial score (nSPS) is 11.6. The monoisotopic (exact) mass is 286 g/mol. The van der Waals surface area contributed by atoms with Crippen molar-refractivity contribution in [3.63, 3.8) is 0 Å². The van der Waals surface area contributed by atoms with E-state index in [9.17, 15) is 9.18 Å². The number of halogens is 2. The van der Waals surface area contributed by atoms with E-state index in [-0.39, 0.29) is 17.2 Å². The summed E-state index contributed by atoms with van der Waals surface area (Å²) < 4.78 is 19.0. The molecule has 0 bridgehead atoms. The summed E-state index contributed by atoms with van der Waals surface area (Å²) in [6.07, 6.45) is 1.40. The molecule has 106 valence electrons. The molecule has 2 nitrogen and oxygen atoms in total. The zero-order chi connectivity index (χ0) is 14.5. The number of carbonyl (C=O) groups is 1. The Bertz CT molecular complexity index is 442. The molecule has 0 N–H and O–H groups in total. The third-order valence-corrected chi connectivity index (χ3v) is 3.73. The maximum atomic E-state index is 13.4. The van der Waals surface area contributed by atoms with Crippen molar-refractivity contribution in [1.82, 2.24) is 0 Å². The molecule has 0 aliphatic rings. The van der Waals surface area contributed by atoms with Gasteiger partial charge in [-0.05, 0) is 37.5 Å². The van der Waals surface area contributed by atoms with Crippen LogP contribution in [0.5, 0.6) is 0 Å². The molecule has 19 heavy (non-hydrogen) atoms.